The zero-order chi connectivity index (χ0) is 13.6. The molecule has 2 aromatic rings. The Balaban J connectivity index is 2.22. The maximum atomic E-state index is 2.50. The Morgan fingerprint density at radius 1 is 0.895 bits per heavy atom. The number of hydrogen-bond acceptors (Lipinski definition) is 0. The van der Waals surface area contributed by atoms with Crippen molar-refractivity contribution in [1.29, 1.82) is 0 Å². The van der Waals surface area contributed by atoms with E-state index in [9.17, 15) is 0 Å². The molecule has 1 atom stereocenters. The fraction of sp³-hybridized carbons (Fsp3) is 0.333. The Kier molecular flexibility index (Phi) is 3.09. The summed E-state index contributed by atoms with van der Waals surface area (Å²) in [5, 5.41) is 0. The van der Waals surface area contributed by atoms with Gasteiger partial charge in [0, 0.05) is 0 Å². The molecule has 19 heavy (non-hydrogen) atoms. The van der Waals surface area contributed by atoms with Crippen molar-refractivity contribution in [1.82, 2.24) is 0 Å². The summed E-state index contributed by atoms with van der Waals surface area (Å²) in [6, 6.07) is 16.0. The molecule has 1 aliphatic rings. The summed E-state index contributed by atoms with van der Waals surface area (Å²) < 4.78 is 1.69. The summed E-state index contributed by atoms with van der Waals surface area (Å²) in [7, 11) is 0. The van der Waals surface area contributed by atoms with Gasteiger partial charge in [-0.25, -0.2) is 0 Å². The van der Waals surface area contributed by atoms with Crippen molar-refractivity contribution in [3.63, 3.8) is 0 Å². The van der Waals surface area contributed by atoms with Crippen LogP contribution in [0.3, 0.4) is 0 Å². The second kappa shape index (κ2) is 4.52. The third-order valence-corrected chi connectivity index (χ3v) is 8.65. The fourth-order valence-electron chi connectivity index (χ4n) is 3.41. The van der Waals surface area contributed by atoms with E-state index in [2.05, 4.69) is 66.7 Å². The van der Waals surface area contributed by atoms with Crippen LogP contribution in [0.4, 0.5) is 0 Å². The molecule has 0 spiro atoms. The molecule has 0 aliphatic heterocycles. The van der Waals surface area contributed by atoms with Crippen LogP contribution in [-0.4, -0.2) is 13.3 Å². The molecule has 0 bridgehead atoms. The first kappa shape index (κ1) is 13.0. The molecule has 0 N–H and O–H groups in total. The third kappa shape index (κ3) is 2.16. The van der Waals surface area contributed by atoms with Crippen LogP contribution in [0.25, 0.3) is 0 Å². The maximum absolute atomic E-state index is 2.50. The molecule has 98 valence electrons. The molecule has 1 aliphatic carbocycles. The first-order chi connectivity index (χ1) is 8.98. The zero-order valence-electron chi connectivity index (χ0n) is 12.3. The third-order valence-electron chi connectivity index (χ3n) is 4.34. The van der Waals surface area contributed by atoms with Crippen molar-refractivity contribution >= 4 is 17.7 Å². The molecule has 0 heterocycles. The standard InChI is InChI=1S/C18H22Ge/c1-13-16-10-6-5-8-14(16)12-15-9-7-11-17(18(13)15)19(2,3)4/h5-11,13H,12H2,1-4H3. The average molecular weight is 311 g/mol. The zero-order valence-corrected chi connectivity index (χ0v) is 14.4. The predicted molar refractivity (Wildman–Crippen MR) is 86.2 cm³/mol. The van der Waals surface area contributed by atoms with Crippen LogP contribution in [0.5, 0.6) is 0 Å². The van der Waals surface area contributed by atoms with Crippen LogP contribution in [0.1, 0.15) is 35.1 Å². The summed E-state index contributed by atoms with van der Waals surface area (Å²) in [5.74, 6) is 8.06. The van der Waals surface area contributed by atoms with E-state index in [1.165, 1.54) is 11.1 Å². The molecular weight excluding hydrogens is 289 g/mol. The number of hydrogen-bond donors (Lipinski definition) is 0. The van der Waals surface area contributed by atoms with Gasteiger partial charge in [-0.15, -0.1) is 0 Å². The number of rotatable bonds is 1. The van der Waals surface area contributed by atoms with Gasteiger partial charge in [-0.1, -0.05) is 0 Å². The topological polar surface area (TPSA) is 0 Å². The van der Waals surface area contributed by atoms with Gasteiger partial charge in [0.15, 0.2) is 0 Å². The molecular formula is C18H22Ge. The normalized spacial score (nSPS) is 17.8. The molecule has 0 aromatic heterocycles. The molecule has 0 saturated carbocycles. The SMILES string of the molecule is CC1c2ccccc2Cc2ccc[c]([Ge]([CH3])([CH3])[CH3])c21. The number of fused-ring (bicyclic) bond motifs is 2. The summed E-state index contributed by atoms with van der Waals surface area (Å²) in [6.45, 7) is 2.38. The molecule has 0 radical (unpaired) electrons. The van der Waals surface area contributed by atoms with E-state index in [0.29, 0.717) is 5.92 Å². The van der Waals surface area contributed by atoms with Crippen LogP contribution in [0.15, 0.2) is 42.5 Å². The quantitative estimate of drug-likeness (QED) is 0.689. The number of benzene rings is 2. The minimum atomic E-state index is -1.80. The monoisotopic (exact) mass is 312 g/mol. The van der Waals surface area contributed by atoms with Crippen LogP contribution in [0, 0.1) is 0 Å². The fourth-order valence-corrected chi connectivity index (χ4v) is 7.15. The van der Waals surface area contributed by atoms with E-state index < -0.39 is 13.3 Å². The molecule has 0 nitrogen and oxygen atoms in total. The van der Waals surface area contributed by atoms with E-state index in [1.807, 2.05) is 0 Å². The van der Waals surface area contributed by atoms with E-state index in [0.717, 1.165) is 6.42 Å². The Morgan fingerprint density at radius 3 is 2.32 bits per heavy atom. The van der Waals surface area contributed by atoms with Gasteiger partial charge in [0.25, 0.3) is 0 Å². The van der Waals surface area contributed by atoms with Crippen molar-refractivity contribution in [2.45, 2.75) is 36.5 Å². The second-order valence-corrected chi connectivity index (χ2v) is 17.3. The van der Waals surface area contributed by atoms with Crippen LogP contribution >= 0.6 is 0 Å². The van der Waals surface area contributed by atoms with E-state index in [1.54, 1.807) is 15.5 Å². The van der Waals surface area contributed by atoms with Gasteiger partial charge < -0.3 is 0 Å². The Bertz CT molecular complexity index is 620. The molecule has 0 saturated heterocycles. The Hall–Kier alpha value is -1.02. The van der Waals surface area contributed by atoms with E-state index >= 15 is 0 Å². The average Bonchev–Trinajstić information content (AvgIpc) is 2.37. The summed E-state index contributed by atoms with van der Waals surface area (Å²) in [4.78, 5) is 0. The first-order valence-corrected chi connectivity index (χ1v) is 14.5. The molecule has 2 aromatic carbocycles. The van der Waals surface area contributed by atoms with Gasteiger partial charge in [0.05, 0.1) is 0 Å². The van der Waals surface area contributed by atoms with Crippen LogP contribution in [-0.2, 0) is 6.42 Å². The molecule has 1 heteroatoms. The Labute approximate surface area is 119 Å². The van der Waals surface area contributed by atoms with E-state index in [-0.39, 0.29) is 0 Å². The summed E-state index contributed by atoms with van der Waals surface area (Å²) in [5.41, 5.74) is 6.26. The van der Waals surface area contributed by atoms with Crippen LogP contribution in [0.2, 0.25) is 17.3 Å². The van der Waals surface area contributed by atoms with Gasteiger partial charge in [0.1, 0.15) is 0 Å². The van der Waals surface area contributed by atoms with Crippen molar-refractivity contribution in [2.24, 2.45) is 0 Å². The van der Waals surface area contributed by atoms with Crippen LogP contribution < -0.4 is 4.40 Å². The van der Waals surface area contributed by atoms with Gasteiger partial charge in [0.2, 0.25) is 0 Å². The summed E-state index contributed by atoms with van der Waals surface area (Å²) >= 11 is -1.80. The van der Waals surface area contributed by atoms with Gasteiger partial charge in [-0.2, -0.15) is 0 Å². The van der Waals surface area contributed by atoms with E-state index in [4.69, 9.17) is 0 Å². The summed E-state index contributed by atoms with van der Waals surface area (Å²) in [6.07, 6.45) is 1.11. The van der Waals surface area contributed by atoms with Crippen molar-refractivity contribution in [3.8, 4) is 0 Å². The first-order valence-electron chi connectivity index (χ1n) is 7.18. The molecule has 0 amide bonds. The van der Waals surface area contributed by atoms with Gasteiger partial charge in [-0.3, -0.25) is 0 Å². The second-order valence-electron chi connectivity index (χ2n) is 6.73. The van der Waals surface area contributed by atoms with Crippen molar-refractivity contribution in [2.75, 3.05) is 0 Å². The Morgan fingerprint density at radius 2 is 1.58 bits per heavy atom. The van der Waals surface area contributed by atoms with Crippen molar-refractivity contribution in [3.05, 3.63) is 64.7 Å². The minimum absolute atomic E-state index is 0.556. The predicted octanol–water partition coefficient (Wildman–Crippen LogP) is 4.29. The molecule has 0 fully saturated rings. The molecule has 1 unspecified atom stereocenters. The van der Waals surface area contributed by atoms with Gasteiger partial charge >= 0.3 is 119 Å². The molecule has 3 rings (SSSR count). The van der Waals surface area contributed by atoms with Gasteiger partial charge in [-0.05, 0) is 0 Å². The van der Waals surface area contributed by atoms with Crippen molar-refractivity contribution < 1.29 is 0 Å².